The lowest BCUT2D eigenvalue weighted by Gasteiger charge is -2.12. The third-order valence-electron chi connectivity index (χ3n) is 3.50. The van der Waals surface area contributed by atoms with Crippen molar-refractivity contribution in [3.8, 4) is 5.75 Å². The molecule has 2 aromatic rings. The quantitative estimate of drug-likeness (QED) is 0.317. The summed E-state index contributed by atoms with van der Waals surface area (Å²) in [4.78, 5) is 8.06. The van der Waals surface area contributed by atoms with Crippen LogP contribution in [-0.4, -0.2) is 52.7 Å². The molecule has 8 nitrogen and oxygen atoms in total. The molecule has 3 N–H and O–H groups in total. The van der Waals surface area contributed by atoms with E-state index in [0.717, 1.165) is 12.2 Å². The monoisotopic (exact) mass is 391 g/mol. The van der Waals surface area contributed by atoms with Gasteiger partial charge in [0, 0.05) is 39.1 Å². The number of nitrogens with one attached hydrogen (secondary N) is 3. The van der Waals surface area contributed by atoms with Gasteiger partial charge < -0.3 is 15.4 Å². The number of pyridine rings is 1. The Labute approximate surface area is 160 Å². The predicted molar refractivity (Wildman–Crippen MR) is 105 cm³/mol. The minimum absolute atomic E-state index is 0.144. The molecule has 2 rings (SSSR count). The van der Waals surface area contributed by atoms with E-state index >= 15 is 0 Å². The minimum atomic E-state index is -3.54. The molecule has 0 saturated carbocycles. The SMILES string of the molecule is CN=C(NCCCOc1ccccc1)NCCNS(=O)(=O)c1cccnc1. The first-order chi connectivity index (χ1) is 13.1. The highest BCUT2D eigenvalue weighted by Gasteiger charge is 2.12. The van der Waals surface area contributed by atoms with Crippen LogP contribution in [-0.2, 0) is 10.0 Å². The molecule has 0 fully saturated rings. The number of hydrogen-bond acceptors (Lipinski definition) is 5. The molecule has 0 amide bonds. The first-order valence-corrected chi connectivity index (χ1v) is 10.1. The Bertz CT molecular complexity index is 798. The largest absolute Gasteiger partial charge is 0.494 e. The van der Waals surface area contributed by atoms with E-state index in [1.807, 2.05) is 30.3 Å². The Hall–Kier alpha value is -2.65. The molecule has 27 heavy (non-hydrogen) atoms. The summed E-state index contributed by atoms with van der Waals surface area (Å²) < 4.78 is 32.3. The highest BCUT2D eigenvalue weighted by atomic mass is 32.2. The second kappa shape index (κ2) is 11.1. The van der Waals surface area contributed by atoms with Gasteiger partial charge in [-0.3, -0.25) is 9.98 Å². The van der Waals surface area contributed by atoms with E-state index < -0.39 is 10.0 Å². The Morgan fingerprint density at radius 2 is 1.85 bits per heavy atom. The minimum Gasteiger partial charge on any atom is -0.494 e. The third kappa shape index (κ3) is 7.63. The molecule has 1 aromatic carbocycles. The average Bonchev–Trinajstić information content (AvgIpc) is 2.70. The zero-order chi connectivity index (χ0) is 19.4. The van der Waals surface area contributed by atoms with Crippen LogP contribution in [0, 0.1) is 0 Å². The summed E-state index contributed by atoms with van der Waals surface area (Å²) in [6.07, 6.45) is 3.65. The van der Waals surface area contributed by atoms with Crippen molar-refractivity contribution in [3.05, 3.63) is 54.9 Å². The standard InChI is InChI=1S/C18H25N5O3S/c1-19-18(21-11-6-14-26-16-7-3-2-4-8-16)22-12-13-23-27(24,25)17-9-5-10-20-15-17/h2-5,7-10,15,23H,6,11-14H2,1H3,(H2,19,21,22). The maximum Gasteiger partial charge on any atom is 0.242 e. The van der Waals surface area contributed by atoms with E-state index in [0.29, 0.717) is 25.7 Å². The van der Waals surface area contributed by atoms with Gasteiger partial charge in [-0.05, 0) is 30.7 Å². The average molecular weight is 391 g/mol. The van der Waals surface area contributed by atoms with Crippen molar-refractivity contribution in [3.63, 3.8) is 0 Å². The molecule has 0 spiro atoms. The fraction of sp³-hybridized carbons (Fsp3) is 0.333. The van der Waals surface area contributed by atoms with Crippen molar-refractivity contribution in [1.82, 2.24) is 20.3 Å². The number of sulfonamides is 1. The summed E-state index contributed by atoms with van der Waals surface area (Å²) in [5.41, 5.74) is 0. The number of hydrogen-bond donors (Lipinski definition) is 3. The lowest BCUT2D eigenvalue weighted by molar-refractivity contribution is 0.311. The van der Waals surface area contributed by atoms with Gasteiger partial charge in [-0.25, -0.2) is 13.1 Å². The fourth-order valence-electron chi connectivity index (χ4n) is 2.16. The first kappa shape index (κ1) is 20.7. The summed E-state index contributed by atoms with van der Waals surface area (Å²) >= 11 is 0. The normalized spacial score (nSPS) is 11.8. The number of para-hydroxylation sites is 1. The van der Waals surface area contributed by atoms with Crippen molar-refractivity contribution in [2.24, 2.45) is 4.99 Å². The summed E-state index contributed by atoms with van der Waals surface area (Å²) in [5.74, 6) is 1.45. The highest BCUT2D eigenvalue weighted by molar-refractivity contribution is 7.89. The molecule has 1 aromatic heterocycles. The second-order valence-electron chi connectivity index (χ2n) is 5.53. The summed E-state index contributed by atoms with van der Waals surface area (Å²) in [7, 11) is -1.88. The zero-order valence-corrected chi connectivity index (χ0v) is 16.1. The number of ether oxygens (including phenoxy) is 1. The number of aliphatic imine (C=N–C) groups is 1. The van der Waals surface area contributed by atoms with Gasteiger partial charge in [0.05, 0.1) is 6.61 Å². The molecule has 0 unspecified atom stereocenters. The van der Waals surface area contributed by atoms with Crippen molar-refractivity contribution >= 4 is 16.0 Å². The van der Waals surface area contributed by atoms with Crippen LogP contribution in [0.5, 0.6) is 5.75 Å². The number of rotatable bonds is 10. The van der Waals surface area contributed by atoms with Gasteiger partial charge in [0.15, 0.2) is 5.96 Å². The summed E-state index contributed by atoms with van der Waals surface area (Å²) in [6, 6.07) is 12.7. The van der Waals surface area contributed by atoms with E-state index in [1.165, 1.54) is 18.5 Å². The van der Waals surface area contributed by atoms with Crippen LogP contribution in [0.2, 0.25) is 0 Å². The van der Waals surface area contributed by atoms with E-state index in [4.69, 9.17) is 4.74 Å². The van der Waals surface area contributed by atoms with Crippen LogP contribution >= 0.6 is 0 Å². The van der Waals surface area contributed by atoms with Crippen molar-refractivity contribution in [2.45, 2.75) is 11.3 Å². The van der Waals surface area contributed by atoms with Crippen molar-refractivity contribution in [2.75, 3.05) is 33.3 Å². The van der Waals surface area contributed by atoms with Crippen LogP contribution in [0.4, 0.5) is 0 Å². The van der Waals surface area contributed by atoms with Gasteiger partial charge in [-0.15, -0.1) is 0 Å². The topological polar surface area (TPSA) is 105 Å². The fourth-order valence-corrected chi connectivity index (χ4v) is 3.16. The molecule has 0 aliphatic carbocycles. The van der Waals surface area contributed by atoms with E-state index in [2.05, 4.69) is 25.3 Å². The molecule has 0 radical (unpaired) electrons. The van der Waals surface area contributed by atoms with Crippen LogP contribution < -0.4 is 20.1 Å². The predicted octanol–water partition coefficient (Wildman–Crippen LogP) is 0.994. The van der Waals surface area contributed by atoms with Crippen LogP contribution in [0.25, 0.3) is 0 Å². The van der Waals surface area contributed by atoms with Crippen LogP contribution in [0.3, 0.4) is 0 Å². The van der Waals surface area contributed by atoms with Gasteiger partial charge in [0.2, 0.25) is 10.0 Å². The number of nitrogens with zero attached hydrogens (tertiary/aromatic N) is 2. The molecule has 146 valence electrons. The van der Waals surface area contributed by atoms with Gasteiger partial charge in [-0.1, -0.05) is 18.2 Å². The lowest BCUT2D eigenvalue weighted by atomic mass is 10.3. The molecule has 0 aliphatic heterocycles. The van der Waals surface area contributed by atoms with E-state index in [1.54, 1.807) is 13.1 Å². The van der Waals surface area contributed by atoms with E-state index in [9.17, 15) is 8.42 Å². The number of benzene rings is 1. The maximum absolute atomic E-state index is 12.1. The molecule has 1 heterocycles. The molecular weight excluding hydrogens is 366 g/mol. The molecule has 9 heteroatoms. The Kier molecular flexibility index (Phi) is 8.53. The molecule has 0 saturated heterocycles. The highest BCUT2D eigenvalue weighted by Crippen LogP contribution is 2.08. The van der Waals surface area contributed by atoms with Crippen LogP contribution in [0.1, 0.15) is 6.42 Å². The lowest BCUT2D eigenvalue weighted by Crippen LogP contribution is -2.42. The van der Waals surface area contributed by atoms with Crippen LogP contribution in [0.15, 0.2) is 64.7 Å². The molecule has 0 bridgehead atoms. The van der Waals surface area contributed by atoms with E-state index in [-0.39, 0.29) is 11.4 Å². The first-order valence-electron chi connectivity index (χ1n) is 8.64. The Morgan fingerprint density at radius 1 is 1.07 bits per heavy atom. The second-order valence-corrected chi connectivity index (χ2v) is 7.29. The molecule has 0 aliphatic rings. The van der Waals surface area contributed by atoms with Crippen molar-refractivity contribution in [1.29, 1.82) is 0 Å². The Balaban J connectivity index is 1.60. The van der Waals surface area contributed by atoms with Crippen molar-refractivity contribution < 1.29 is 13.2 Å². The third-order valence-corrected chi connectivity index (χ3v) is 4.95. The maximum atomic E-state index is 12.1. The summed E-state index contributed by atoms with van der Waals surface area (Å²) in [6.45, 7) is 1.92. The van der Waals surface area contributed by atoms with Gasteiger partial charge in [0.25, 0.3) is 0 Å². The summed E-state index contributed by atoms with van der Waals surface area (Å²) in [5, 5.41) is 6.21. The molecule has 0 atom stereocenters. The molecular formula is C18H25N5O3S. The van der Waals surface area contributed by atoms with Gasteiger partial charge >= 0.3 is 0 Å². The number of aromatic nitrogens is 1. The zero-order valence-electron chi connectivity index (χ0n) is 15.3. The smallest absolute Gasteiger partial charge is 0.242 e. The van der Waals surface area contributed by atoms with Gasteiger partial charge in [0.1, 0.15) is 10.6 Å². The number of guanidine groups is 1. The van der Waals surface area contributed by atoms with Gasteiger partial charge in [-0.2, -0.15) is 0 Å². The Morgan fingerprint density at radius 3 is 2.56 bits per heavy atom.